The van der Waals surface area contributed by atoms with Crippen LogP contribution in [0.5, 0.6) is 0 Å². The van der Waals surface area contributed by atoms with E-state index >= 15 is 0 Å². The van der Waals surface area contributed by atoms with Crippen molar-refractivity contribution in [2.75, 3.05) is 18.5 Å². The first kappa shape index (κ1) is 24.2. The molecule has 22 heavy (non-hydrogen) atoms. The van der Waals surface area contributed by atoms with E-state index in [0.717, 1.165) is 6.42 Å². The molecule has 0 aromatic heterocycles. The van der Waals surface area contributed by atoms with E-state index in [1.54, 1.807) is 6.08 Å². The molecule has 0 saturated carbocycles. The number of hydrogen-bond acceptors (Lipinski definition) is 1. The third-order valence-corrected chi connectivity index (χ3v) is 7.86. The smallest absolute Gasteiger partial charge is 0.0425 e. The van der Waals surface area contributed by atoms with Crippen molar-refractivity contribution in [1.29, 1.82) is 0 Å². The van der Waals surface area contributed by atoms with Crippen LogP contribution in [0.25, 0.3) is 0 Å². The third-order valence-electron chi connectivity index (χ3n) is 3.34. The fraction of sp³-hybridized carbons (Fsp3) is 0.579. The molecule has 0 amide bonds. The quantitative estimate of drug-likeness (QED) is 0.252. The molecule has 0 radical (unpaired) electrons. The van der Waals surface area contributed by atoms with Gasteiger partial charge in [-0.2, -0.15) is 0 Å². The van der Waals surface area contributed by atoms with Crippen molar-refractivity contribution in [3.05, 3.63) is 48.7 Å². The SMILES string of the molecule is C=CC=CC.CCCP(CCC)(CCC)=NC1=CC=CC1.[Ti]. The van der Waals surface area contributed by atoms with Gasteiger partial charge in [0.2, 0.25) is 0 Å². The Morgan fingerprint density at radius 2 is 1.68 bits per heavy atom. The summed E-state index contributed by atoms with van der Waals surface area (Å²) in [4.78, 5) is 0. The Morgan fingerprint density at radius 1 is 1.14 bits per heavy atom. The Balaban J connectivity index is 0. The summed E-state index contributed by atoms with van der Waals surface area (Å²) in [6.07, 6.45) is 21.1. The molecule has 0 N–H and O–H groups in total. The predicted octanol–water partition coefficient (Wildman–Crippen LogP) is 7.01. The monoisotopic (exact) mass is 355 g/mol. The van der Waals surface area contributed by atoms with Gasteiger partial charge in [0.15, 0.2) is 0 Å². The molecular formula is C19H34NPTi. The van der Waals surface area contributed by atoms with Gasteiger partial charge in [-0.15, -0.1) is 0 Å². The minimum Gasteiger partial charge on any atom is -0.272 e. The van der Waals surface area contributed by atoms with Crippen LogP contribution < -0.4 is 0 Å². The molecule has 0 bridgehead atoms. The normalized spacial score (nSPS) is 13.2. The first-order valence-corrected chi connectivity index (χ1v) is 10.7. The molecule has 0 saturated heterocycles. The zero-order chi connectivity index (χ0) is 16.0. The molecule has 1 aliphatic rings. The molecule has 124 valence electrons. The average Bonchev–Trinajstić information content (AvgIpc) is 2.94. The number of rotatable bonds is 8. The Hall–Kier alpha value is -0.0957. The molecular weight excluding hydrogens is 321 g/mol. The van der Waals surface area contributed by atoms with E-state index in [0.29, 0.717) is 0 Å². The molecule has 0 aliphatic heterocycles. The molecule has 0 aromatic carbocycles. The van der Waals surface area contributed by atoms with E-state index in [1.165, 1.54) is 43.4 Å². The Morgan fingerprint density at radius 3 is 1.95 bits per heavy atom. The molecule has 1 rings (SSSR count). The fourth-order valence-electron chi connectivity index (χ4n) is 2.65. The van der Waals surface area contributed by atoms with Crippen LogP contribution in [0.2, 0.25) is 0 Å². The maximum atomic E-state index is 5.19. The van der Waals surface area contributed by atoms with E-state index in [2.05, 4.69) is 45.6 Å². The van der Waals surface area contributed by atoms with E-state index in [-0.39, 0.29) is 21.7 Å². The van der Waals surface area contributed by atoms with Gasteiger partial charge in [-0.05, 0) is 38.5 Å². The molecule has 0 atom stereocenters. The Labute approximate surface area is 154 Å². The zero-order valence-electron chi connectivity index (χ0n) is 15.0. The maximum absolute atomic E-state index is 5.19. The summed E-state index contributed by atoms with van der Waals surface area (Å²) in [5.41, 5.74) is 1.34. The second-order valence-electron chi connectivity index (χ2n) is 5.42. The Kier molecular flexibility index (Phi) is 17.3. The van der Waals surface area contributed by atoms with Gasteiger partial charge in [-0.1, -0.05) is 77.0 Å². The predicted molar refractivity (Wildman–Crippen MR) is 102 cm³/mol. The first-order chi connectivity index (χ1) is 10.2. The summed E-state index contributed by atoms with van der Waals surface area (Å²) < 4.78 is 5.19. The van der Waals surface area contributed by atoms with Crippen LogP contribution in [0.4, 0.5) is 0 Å². The summed E-state index contributed by atoms with van der Waals surface area (Å²) in [5.74, 6) is 0. The van der Waals surface area contributed by atoms with Crippen molar-refractivity contribution >= 4 is 7.05 Å². The van der Waals surface area contributed by atoms with Gasteiger partial charge in [-0.3, -0.25) is 4.74 Å². The summed E-state index contributed by atoms with van der Waals surface area (Å²) >= 11 is 0. The van der Waals surface area contributed by atoms with Crippen molar-refractivity contribution in [1.82, 2.24) is 0 Å². The summed E-state index contributed by atoms with van der Waals surface area (Å²) in [5, 5.41) is 0. The van der Waals surface area contributed by atoms with Gasteiger partial charge in [0, 0.05) is 33.8 Å². The van der Waals surface area contributed by atoms with Crippen LogP contribution in [-0.4, -0.2) is 18.5 Å². The minimum absolute atomic E-state index is 0. The van der Waals surface area contributed by atoms with Crippen LogP contribution >= 0.6 is 7.05 Å². The molecule has 0 unspecified atom stereocenters. The van der Waals surface area contributed by atoms with Crippen molar-refractivity contribution in [2.45, 2.75) is 53.4 Å². The average molecular weight is 355 g/mol. The van der Waals surface area contributed by atoms with Gasteiger partial charge in [0.25, 0.3) is 0 Å². The van der Waals surface area contributed by atoms with Crippen LogP contribution in [0.3, 0.4) is 0 Å². The third kappa shape index (κ3) is 10.6. The van der Waals surface area contributed by atoms with E-state index in [4.69, 9.17) is 4.74 Å². The first-order valence-electron chi connectivity index (χ1n) is 8.36. The van der Waals surface area contributed by atoms with Gasteiger partial charge < -0.3 is 0 Å². The van der Waals surface area contributed by atoms with Gasteiger partial charge in [-0.25, -0.2) is 0 Å². The van der Waals surface area contributed by atoms with Crippen LogP contribution in [-0.2, 0) is 21.7 Å². The second-order valence-corrected chi connectivity index (χ2v) is 9.15. The van der Waals surface area contributed by atoms with E-state index in [9.17, 15) is 0 Å². The molecule has 3 heteroatoms. The maximum Gasteiger partial charge on any atom is 0.0425 e. The van der Waals surface area contributed by atoms with Crippen molar-refractivity contribution < 1.29 is 21.7 Å². The van der Waals surface area contributed by atoms with Gasteiger partial charge in [0.05, 0.1) is 0 Å². The van der Waals surface area contributed by atoms with Gasteiger partial charge >= 0.3 is 0 Å². The minimum atomic E-state index is -1.03. The summed E-state index contributed by atoms with van der Waals surface area (Å²) in [6, 6.07) is 0. The number of allylic oxidation sites excluding steroid dienone is 6. The van der Waals surface area contributed by atoms with Crippen molar-refractivity contribution in [2.24, 2.45) is 4.74 Å². The number of nitrogens with zero attached hydrogens (tertiary/aromatic N) is 1. The van der Waals surface area contributed by atoms with Crippen LogP contribution in [0.1, 0.15) is 53.4 Å². The van der Waals surface area contributed by atoms with Gasteiger partial charge in [0.1, 0.15) is 0 Å². The van der Waals surface area contributed by atoms with Crippen molar-refractivity contribution in [3.8, 4) is 0 Å². The standard InChI is InChI=1S/C14H26NP.C5H8.Ti/c1-4-11-16(12-5-2,13-6-3)15-14-9-7-8-10-14;1-3-5-4-2;/h7-9H,4-6,10-13H2,1-3H3;3-5H,1H2,2H3;. The molecule has 0 fully saturated rings. The fourth-order valence-corrected chi connectivity index (χ4v) is 6.81. The van der Waals surface area contributed by atoms with E-state index < -0.39 is 7.05 Å². The second kappa shape index (κ2) is 15.8. The molecule has 1 aliphatic carbocycles. The van der Waals surface area contributed by atoms with Crippen LogP contribution in [0, 0.1) is 0 Å². The largest absolute Gasteiger partial charge is 0.272 e. The molecule has 0 aromatic rings. The zero-order valence-corrected chi connectivity index (χ0v) is 17.5. The summed E-state index contributed by atoms with van der Waals surface area (Å²) in [6.45, 7) is 12.3. The van der Waals surface area contributed by atoms with E-state index in [1.807, 2.05) is 19.1 Å². The number of hydrogen-bond donors (Lipinski definition) is 0. The molecule has 0 spiro atoms. The molecule has 0 heterocycles. The topological polar surface area (TPSA) is 12.4 Å². The van der Waals surface area contributed by atoms with Crippen LogP contribution in [0.15, 0.2) is 53.5 Å². The summed E-state index contributed by atoms with van der Waals surface area (Å²) in [7, 11) is -1.03. The van der Waals surface area contributed by atoms with Crippen molar-refractivity contribution in [3.63, 3.8) is 0 Å². The Bertz CT molecular complexity index is 395. The molecule has 1 nitrogen and oxygen atoms in total.